The summed E-state index contributed by atoms with van der Waals surface area (Å²) >= 11 is 0. The van der Waals surface area contributed by atoms with Crippen LogP contribution in [0.3, 0.4) is 0 Å². The number of morpholine rings is 1. The van der Waals surface area contributed by atoms with Crippen molar-refractivity contribution in [3.63, 3.8) is 0 Å². The number of benzene rings is 1. The molecule has 106 valence electrons. The maximum absolute atomic E-state index is 14.4. The molecule has 0 aliphatic carbocycles. The van der Waals surface area contributed by atoms with Crippen LogP contribution in [0, 0.1) is 5.82 Å². The van der Waals surface area contributed by atoms with E-state index in [0.29, 0.717) is 18.9 Å². The molecule has 0 amide bonds. The van der Waals surface area contributed by atoms with Crippen LogP contribution in [-0.4, -0.2) is 32.3 Å². The van der Waals surface area contributed by atoms with Crippen LogP contribution in [0.5, 0.6) is 0 Å². The minimum absolute atomic E-state index is 0.115. The van der Waals surface area contributed by atoms with Gasteiger partial charge in [-0.05, 0) is 39.4 Å². The number of halogens is 1. The van der Waals surface area contributed by atoms with E-state index in [2.05, 4.69) is 24.1 Å². The van der Waals surface area contributed by atoms with Gasteiger partial charge >= 0.3 is 0 Å². The average molecular weight is 266 g/mol. The van der Waals surface area contributed by atoms with Crippen molar-refractivity contribution in [2.24, 2.45) is 0 Å². The summed E-state index contributed by atoms with van der Waals surface area (Å²) < 4.78 is 19.9. The molecule has 1 heterocycles. The molecule has 2 rings (SSSR count). The van der Waals surface area contributed by atoms with Gasteiger partial charge in [0.25, 0.3) is 0 Å². The molecule has 1 atom stereocenters. The largest absolute Gasteiger partial charge is 0.377 e. The second kappa shape index (κ2) is 5.47. The lowest BCUT2D eigenvalue weighted by Crippen LogP contribution is -2.54. The molecule has 1 aromatic rings. The van der Waals surface area contributed by atoms with Gasteiger partial charge in [-0.3, -0.25) is 0 Å². The zero-order valence-corrected chi connectivity index (χ0v) is 12.2. The van der Waals surface area contributed by atoms with E-state index in [9.17, 15) is 4.39 Å². The molecule has 4 heteroatoms. The van der Waals surface area contributed by atoms with Gasteiger partial charge in [-0.25, -0.2) is 4.39 Å². The van der Waals surface area contributed by atoms with Crippen LogP contribution >= 0.6 is 0 Å². The highest BCUT2D eigenvalue weighted by molar-refractivity contribution is 5.58. The van der Waals surface area contributed by atoms with Crippen molar-refractivity contribution in [2.45, 2.75) is 32.4 Å². The summed E-state index contributed by atoms with van der Waals surface area (Å²) in [6.45, 7) is 8.21. The molecular weight excluding hydrogens is 243 g/mol. The molecule has 0 bridgehead atoms. The van der Waals surface area contributed by atoms with E-state index < -0.39 is 0 Å². The molecule has 1 aromatic carbocycles. The van der Waals surface area contributed by atoms with Gasteiger partial charge in [-0.1, -0.05) is 12.1 Å². The van der Waals surface area contributed by atoms with E-state index in [0.717, 1.165) is 12.1 Å². The van der Waals surface area contributed by atoms with Crippen molar-refractivity contribution in [3.05, 3.63) is 29.6 Å². The van der Waals surface area contributed by atoms with Gasteiger partial charge in [-0.2, -0.15) is 0 Å². The quantitative estimate of drug-likeness (QED) is 0.910. The lowest BCUT2D eigenvalue weighted by molar-refractivity contribution is 0.0638. The van der Waals surface area contributed by atoms with Crippen LogP contribution in [0.25, 0.3) is 0 Å². The van der Waals surface area contributed by atoms with E-state index in [1.165, 1.54) is 6.07 Å². The fourth-order valence-electron chi connectivity index (χ4n) is 2.59. The molecule has 0 aromatic heterocycles. The summed E-state index contributed by atoms with van der Waals surface area (Å²) in [5.74, 6) is -0.158. The Morgan fingerprint density at radius 3 is 2.79 bits per heavy atom. The summed E-state index contributed by atoms with van der Waals surface area (Å²) in [6, 6.07) is 5.41. The second-order valence-corrected chi connectivity index (χ2v) is 5.70. The van der Waals surface area contributed by atoms with E-state index in [1.54, 1.807) is 6.07 Å². The first kappa shape index (κ1) is 14.3. The third-order valence-corrected chi connectivity index (χ3v) is 3.83. The molecule has 1 unspecified atom stereocenters. The fraction of sp³-hybridized carbons (Fsp3) is 0.600. The molecule has 1 aliphatic heterocycles. The number of hydrogen-bond donors (Lipinski definition) is 1. The number of nitrogens with zero attached hydrogens (tertiary/aromatic N) is 1. The highest BCUT2D eigenvalue weighted by atomic mass is 19.1. The third-order valence-electron chi connectivity index (χ3n) is 3.83. The second-order valence-electron chi connectivity index (χ2n) is 5.70. The van der Waals surface area contributed by atoms with Crippen LogP contribution in [0.1, 0.15) is 32.4 Å². The van der Waals surface area contributed by atoms with Crippen LogP contribution in [0.4, 0.5) is 10.1 Å². The minimum atomic E-state index is -0.192. The van der Waals surface area contributed by atoms with Crippen LogP contribution in [0.15, 0.2) is 18.2 Å². The lowest BCUT2D eigenvalue weighted by atomic mass is 9.97. The smallest absolute Gasteiger partial charge is 0.146 e. The number of anilines is 1. The van der Waals surface area contributed by atoms with Gasteiger partial charge < -0.3 is 15.0 Å². The Bertz CT molecular complexity index is 448. The topological polar surface area (TPSA) is 24.5 Å². The van der Waals surface area contributed by atoms with Crippen molar-refractivity contribution in [3.8, 4) is 0 Å². The first-order chi connectivity index (χ1) is 8.97. The Kier molecular flexibility index (Phi) is 4.11. The molecule has 1 fully saturated rings. The van der Waals surface area contributed by atoms with Gasteiger partial charge in [-0.15, -0.1) is 0 Å². The van der Waals surface area contributed by atoms with Crippen molar-refractivity contribution in [2.75, 3.05) is 31.7 Å². The van der Waals surface area contributed by atoms with Gasteiger partial charge in [0.15, 0.2) is 0 Å². The van der Waals surface area contributed by atoms with E-state index in [4.69, 9.17) is 4.74 Å². The van der Waals surface area contributed by atoms with Crippen LogP contribution in [0.2, 0.25) is 0 Å². The predicted octanol–water partition coefficient (Wildman–Crippen LogP) is 2.72. The zero-order valence-electron chi connectivity index (χ0n) is 12.2. The number of nitrogens with one attached hydrogen (secondary N) is 1. The molecule has 19 heavy (non-hydrogen) atoms. The van der Waals surface area contributed by atoms with Crippen molar-refractivity contribution < 1.29 is 9.13 Å². The number of rotatable bonds is 3. The van der Waals surface area contributed by atoms with Gasteiger partial charge in [0.1, 0.15) is 5.82 Å². The Balaban J connectivity index is 2.48. The van der Waals surface area contributed by atoms with Crippen LogP contribution < -0.4 is 10.2 Å². The maximum Gasteiger partial charge on any atom is 0.146 e. The lowest BCUT2D eigenvalue weighted by Gasteiger charge is -2.45. The van der Waals surface area contributed by atoms with Gasteiger partial charge in [0, 0.05) is 12.6 Å². The Morgan fingerprint density at radius 2 is 2.16 bits per heavy atom. The highest BCUT2D eigenvalue weighted by Gasteiger charge is 2.34. The van der Waals surface area contributed by atoms with E-state index in [-0.39, 0.29) is 17.4 Å². The molecule has 1 saturated heterocycles. The van der Waals surface area contributed by atoms with E-state index in [1.807, 2.05) is 20.0 Å². The Morgan fingerprint density at radius 1 is 1.42 bits per heavy atom. The first-order valence-electron chi connectivity index (χ1n) is 6.78. The molecule has 1 N–H and O–H groups in total. The number of hydrogen-bond acceptors (Lipinski definition) is 3. The minimum Gasteiger partial charge on any atom is -0.377 e. The van der Waals surface area contributed by atoms with Gasteiger partial charge in [0.2, 0.25) is 0 Å². The third kappa shape index (κ3) is 2.74. The summed E-state index contributed by atoms with van der Waals surface area (Å²) in [5.41, 5.74) is 1.51. The fourth-order valence-corrected chi connectivity index (χ4v) is 2.59. The SMILES string of the molecule is CNC(C)c1cccc(F)c1N1CCOCC1(C)C. The molecule has 0 spiro atoms. The van der Waals surface area contributed by atoms with Crippen molar-refractivity contribution in [1.82, 2.24) is 5.32 Å². The summed E-state index contributed by atoms with van der Waals surface area (Å²) in [7, 11) is 1.89. The standard InChI is InChI=1S/C15H23FN2O/c1-11(17-4)12-6-5-7-13(16)14(12)18-8-9-19-10-15(18,2)3/h5-7,11,17H,8-10H2,1-4H3. The molecule has 3 nitrogen and oxygen atoms in total. The zero-order chi connectivity index (χ0) is 14.0. The normalized spacial score (nSPS) is 20.4. The van der Waals surface area contributed by atoms with Crippen molar-refractivity contribution >= 4 is 5.69 Å². The first-order valence-corrected chi connectivity index (χ1v) is 6.78. The van der Waals surface area contributed by atoms with Crippen molar-refractivity contribution in [1.29, 1.82) is 0 Å². The Labute approximate surface area is 114 Å². The highest BCUT2D eigenvalue weighted by Crippen LogP contribution is 2.35. The summed E-state index contributed by atoms with van der Waals surface area (Å²) in [5, 5.41) is 3.19. The monoisotopic (exact) mass is 266 g/mol. The van der Waals surface area contributed by atoms with E-state index >= 15 is 0 Å². The summed E-state index contributed by atoms with van der Waals surface area (Å²) in [6.07, 6.45) is 0. The molecule has 0 radical (unpaired) electrons. The van der Waals surface area contributed by atoms with Gasteiger partial charge in [0.05, 0.1) is 24.4 Å². The molecule has 1 aliphatic rings. The number of ether oxygens (including phenoxy) is 1. The Hall–Kier alpha value is -1.13. The predicted molar refractivity (Wildman–Crippen MR) is 76.1 cm³/mol. The molecular formula is C15H23FN2O. The number of para-hydroxylation sites is 1. The summed E-state index contributed by atoms with van der Waals surface area (Å²) in [4.78, 5) is 2.13. The molecule has 0 saturated carbocycles. The maximum atomic E-state index is 14.4. The average Bonchev–Trinajstić information content (AvgIpc) is 2.38. The van der Waals surface area contributed by atoms with Crippen LogP contribution in [-0.2, 0) is 4.74 Å².